The molecule has 0 saturated heterocycles. The van der Waals surface area contributed by atoms with Crippen LogP contribution in [0.3, 0.4) is 0 Å². The van der Waals surface area contributed by atoms with Gasteiger partial charge in [-0.05, 0) is 31.0 Å². The van der Waals surface area contributed by atoms with Crippen LogP contribution in [0.25, 0.3) is 0 Å². The van der Waals surface area contributed by atoms with Gasteiger partial charge in [0.1, 0.15) is 11.5 Å². The molecule has 1 aromatic rings. The van der Waals surface area contributed by atoms with Crippen molar-refractivity contribution in [2.24, 2.45) is 5.73 Å². The topological polar surface area (TPSA) is 63.3 Å². The fourth-order valence-corrected chi connectivity index (χ4v) is 1.28. The van der Waals surface area contributed by atoms with Gasteiger partial charge in [0.05, 0.1) is 11.1 Å². The molecule has 0 aliphatic carbocycles. The van der Waals surface area contributed by atoms with Gasteiger partial charge in [-0.2, -0.15) is 0 Å². The lowest BCUT2D eigenvalue weighted by molar-refractivity contribution is -0.118. The van der Waals surface area contributed by atoms with E-state index in [1.54, 1.807) is 12.1 Å². The predicted molar refractivity (Wildman–Crippen MR) is 55.5 cm³/mol. The summed E-state index contributed by atoms with van der Waals surface area (Å²) in [6.45, 7) is 1.45. The van der Waals surface area contributed by atoms with Crippen molar-refractivity contribution >= 4 is 17.4 Å². The number of carbonyl (C=O) groups excluding carboxylic acids is 1. The monoisotopic (exact) mass is 213 g/mol. The normalized spacial score (nSPS) is 12.5. The molecule has 0 aliphatic rings. The van der Waals surface area contributed by atoms with Gasteiger partial charge in [-0.1, -0.05) is 17.7 Å². The Bertz CT molecular complexity index is 352. The Balaban J connectivity index is 2.78. The zero-order chi connectivity index (χ0) is 10.7. The number of aromatic hydroxyl groups is 1. The highest BCUT2D eigenvalue weighted by Gasteiger charge is 2.09. The average Bonchev–Trinajstić information content (AvgIpc) is 2.11. The molecule has 0 unspecified atom stereocenters. The van der Waals surface area contributed by atoms with Gasteiger partial charge in [-0.15, -0.1) is 0 Å². The fourth-order valence-electron chi connectivity index (χ4n) is 1.08. The number of halogens is 1. The Hall–Kier alpha value is -1.06. The first-order valence-electron chi connectivity index (χ1n) is 4.24. The Labute approximate surface area is 87.5 Å². The molecule has 0 saturated carbocycles. The quantitative estimate of drug-likeness (QED) is 0.800. The first-order chi connectivity index (χ1) is 6.50. The largest absolute Gasteiger partial charge is 0.506 e. The van der Waals surface area contributed by atoms with E-state index in [9.17, 15) is 4.79 Å². The molecule has 14 heavy (non-hydrogen) atoms. The third-order valence-corrected chi connectivity index (χ3v) is 2.29. The van der Waals surface area contributed by atoms with Crippen molar-refractivity contribution in [1.29, 1.82) is 0 Å². The van der Waals surface area contributed by atoms with Gasteiger partial charge in [-0.3, -0.25) is 4.79 Å². The molecular weight excluding hydrogens is 202 g/mol. The third-order valence-electron chi connectivity index (χ3n) is 1.99. The number of ketones is 1. The maximum Gasteiger partial charge on any atom is 0.146 e. The number of hydrogen-bond donors (Lipinski definition) is 2. The molecule has 0 fully saturated rings. The van der Waals surface area contributed by atoms with Gasteiger partial charge < -0.3 is 10.8 Å². The zero-order valence-electron chi connectivity index (χ0n) is 7.83. The van der Waals surface area contributed by atoms with Gasteiger partial charge in [0.2, 0.25) is 0 Å². The molecule has 0 amide bonds. The summed E-state index contributed by atoms with van der Waals surface area (Å²) < 4.78 is 0. The second-order valence-corrected chi connectivity index (χ2v) is 3.61. The average molecular weight is 214 g/mol. The SMILES string of the molecule is CC(=O)[C@@H](N)Cc1ccc(O)c(Cl)c1. The minimum Gasteiger partial charge on any atom is -0.506 e. The fraction of sp³-hybridized carbons (Fsp3) is 0.300. The van der Waals surface area contributed by atoms with Gasteiger partial charge >= 0.3 is 0 Å². The molecule has 1 atom stereocenters. The van der Waals surface area contributed by atoms with E-state index in [1.807, 2.05) is 0 Å². The van der Waals surface area contributed by atoms with Crippen LogP contribution in [0.15, 0.2) is 18.2 Å². The van der Waals surface area contributed by atoms with E-state index in [-0.39, 0.29) is 16.6 Å². The Morgan fingerprint density at radius 2 is 2.29 bits per heavy atom. The van der Waals surface area contributed by atoms with Crippen LogP contribution < -0.4 is 5.73 Å². The van der Waals surface area contributed by atoms with E-state index < -0.39 is 6.04 Å². The Morgan fingerprint density at radius 3 is 2.79 bits per heavy atom. The van der Waals surface area contributed by atoms with Crippen LogP contribution in [0.5, 0.6) is 5.75 Å². The lowest BCUT2D eigenvalue weighted by Crippen LogP contribution is -2.30. The minimum atomic E-state index is -0.504. The number of hydrogen-bond acceptors (Lipinski definition) is 3. The van der Waals surface area contributed by atoms with Crippen molar-refractivity contribution in [2.45, 2.75) is 19.4 Å². The summed E-state index contributed by atoms with van der Waals surface area (Å²) in [4.78, 5) is 10.9. The molecule has 4 heteroatoms. The van der Waals surface area contributed by atoms with E-state index >= 15 is 0 Å². The molecule has 1 aromatic carbocycles. The number of carbonyl (C=O) groups is 1. The number of Topliss-reactive ketones (excluding diaryl/α,β-unsaturated/α-hetero) is 1. The zero-order valence-corrected chi connectivity index (χ0v) is 8.58. The van der Waals surface area contributed by atoms with Gasteiger partial charge in [-0.25, -0.2) is 0 Å². The summed E-state index contributed by atoms with van der Waals surface area (Å²) in [5, 5.41) is 9.43. The summed E-state index contributed by atoms with van der Waals surface area (Å²) in [5.74, 6) is -0.0268. The van der Waals surface area contributed by atoms with Crippen molar-refractivity contribution < 1.29 is 9.90 Å². The van der Waals surface area contributed by atoms with Gasteiger partial charge in [0.15, 0.2) is 0 Å². The number of rotatable bonds is 3. The molecule has 0 aliphatic heterocycles. The molecular formula is C10H12ClNO2. The van der Waals surface area contributed by atoms with Crippen LogP contribution in [-0.2, 0) is 11.2 Å². The van der Waals surface area contributed by atoms with Crippen molar-refractivity contribution in [3.8, 4) is 5.75 Å². The maximum atomic E-state index is 10.9. The summed E-state index contributed by atoms with van der Waals surface area (Å²) >= 11 is 5.70. The lowest BCUT2D eigenvalue weighted by Gasteiger charge is -2.08. The first-order valence-corrected chi connectivity index (χ1v) is 4.62. The Morgan fingerprint density at radius 1 is 1.64 bits per heavy atom. The Kier molecular flexibility index (Phi) is 3.49. The molecule has 0 radical (unpaired) electrons. The van der Waals surface area contributed by atoms with Crippen LogP contribution in [0.1, 0.15) is 12.5 Å². The summed E-state index contributed by atoms with van der Waals surface area (Å²) in [6.07, 6.45) is 0.440. The molecule has 3 nitrogen and oxygen atoms in total. The number of nitrogens with two attached hydrogens (primary N) is 1. The molecule has 0 bridgehead atoms. The van der Waals surface area contributed by atoms with E-state index in [4.69, 9.17) is 22.4 Å². The second-order valence-electron chi connectivity index (χ2n) is 3.21. The summed E-state index contributed by atoms with van der Waals surface area (Å²) in [7, 11) is 0. The van der Waals surface area contributed by atoms with Gasteiger partial charge in [0, 0.05) is 0 Å². The molecule has 0 aromatic heterocycles. The highest BCUT2D eigenvalue weighted by molar-refractivity contribution is 6.32. The third kappa shape index (κ3) is 2.72. The summed E-state index contributed by atoms with van der Waals surface area (Å²) in [6, 6.07) is 4.30. The molecule has 0 heterocycles. The van der Waals surface area contributed by atoms with Crippen LogP contribution in [-0.4, -0.2) is 16.9 Å². The molecule has 76 valence electrons. The van der Waals surface area contributed by atoms with E-state index in [2.05, 4.69) is 0 Å². The second kappa shape index (κ2) is 4.44. The van der Waals surface area contributed by atoms with Crippen LogP contribution in [0, 0.1) is 0 Å². The standard InChI is InChI=1S/C10H12ClNO2/c1-6(13)9(12)5-7-2-3-10(14)8(11)4-7/h2-4,9,14H,5,12H2,1H3/t9-/m0/s1. The predicted octanol–water partition coefficient (Wildman–Crippen LogP) is 1.50. The minimum absolute atomic E-state index is 0.0341. The van der Waals surface area contributed by atoms with Crippen LogP contribution in [0.4, 0.5) is 0 Å². The van der Waals surface area contributed by atoms with Crippen molar-refractivity contribution in [3.05, 3.63) is 28.8 Å². The van der Waals surface area contributed by atoms with Crippen LogP contribution >= 0.6 is 11.6 Å². The number of phenolic OH excluding ortho intramolecular Hbond substituents is 1. The number of benzene rings is 1. The smallest absolute Gasteiger partial charge is 0.146 e. The van der Waals surface area contributed by atoms with E-state index in [0.717, 1.165) is 5.56 Å². The van der Waals surface area contributed by atoms with E-state index in [1.165, 1.54) is 13.0 Å². The molecule has 0 spiro atoms. The maximum absolute atomic E-state index is 10.9. The summed E-state index contributed by atoms with van der Waals surface area (Å²) in [5.41, 5.74) is 6.42. The van der Waals surface area contributed by atoms with Crippen molar-refractivity contribution in [3.63, 3.8) is 0 Å². The highest BCUT2D eigenvalue weighted by atomic mass is 35.5. The highest BCUT2D eigenvalue weighted by Crippen LogP contribution is 2.23. The first kappa shape index (κ1) is 11.0. The molecule has 1 rings (SSSR count). The van der Waals surface area contributed by atoms with Crippen LogP contribution in [0.2, 0.25) is 5.02 Å². The molecule has 3 N–H and O–H groups in total. The number of phenols is 1. The lowest BCUT2D eigenvalue weighted by atomic mass is 10.0. The van der Waals surface area contributed by atoms with Crippen molar-refractivity contribution in [1.82, 2.24) is 0 Å². The van der Waals surface area contributed by atoms with Crippen molar-refractivity contribution in [2.75, 3.05) is 0 Å². The van der Waals surface area contributed by atoms with E-state index in [0.29, 0.717) is 6.42 Å². The van der Waals surface area contributed by atoms with Gasteiger partial charge in [0.25, 0.3) is 0 Å².